The minimum absolute atomic E-state index is 0.249. The van der Waals surface area contributed by atoms with Gasteiger partial charge in [-0.05, 0) is 12.8 Å². The van der Waals surface area contributed by atoms with Crippen LogP contribution in [0.4, 0.5) is 0 Å². The van der Waals surface area contributed by atoms with Crippen LogP contribution in [0.3, 0.4) is 0 Å². The predicted molar refractivity (Wildman–Crippen MR) is 40.5 cm³/mol. The molecule has 0 amide bonds. The Balaban J connectivity index is 2.70. The smallest absolute Gasteiger partial charge is 0.154 e. The molecule has 1 heterocycles. The van der Waals surface area contributed by atoms with Crippen molar-refractivity contribution < 1.29 is 8.42 Å². The van der Waals surface area contributed by atoms with Crippen LogP contribution in [0, 0.1) is 0 Å². The van der Waals surface area contributed by atoms with E-state index in [1.165, 1.54) is 0 Å². The highest BCUT2D eigenvalue weighted by Crippen LogP contribution is 2.17. The summed E-state index contributed by atoms with van der Waals surface area (Å²) in [5.74, 6) is 0.342. The molecule has 1 saturated heterocycles. The standard InChI is InChI=1S/C6H13NO2S/c7-5-6-3-1-2-4-10(6,8)9/h6H,1-5,7H2. The molecular formula is C6H13NO2S. The van der Waals surface area contributed by atoms with Gasteiger partial charge in [0.2, 0.25) is 0 Å². The van der Waals surface area contributed by atoms with Crippen molar-refractivity contribution in [1.29, 1.82) is 0 Å². The SMILES string of the molecule is NCC1CCCCS1(=O)=O. The summed E-state index contributed by atoms with van der Waals surface area (Å²) < 4.78 is 22.3. The molecule has 10 heavy (non-hydrogen) atoms. The van der Waals surface area contributed by atoms with Crippen LogP contribution in [0.5, 0.6) is 0 Å². The lowest BCUT2D eigenvalue weighted by molar-refractivity contribution is 0.541. The summed E-state index contributed by atoms with van der Waals surface area (Å²) in [6, 6.07) is 0. The molecule has 1 rings (SSSR count). The Kier molecular flexibility index (Phi) is 2.31. The van der Waals surface area contributed by atoms with E-state index in [0.717, 1.165) is 19.3 Å². The Labute approximate surface area is 61.5 Å². The Morgan fingerprint density at radius 3 is 2.50 bits per heavy atom. The second-order valence-corrected chi connectivity index (χ2v) is 5.12. The van der Waals surface area contributed by atoms with E-state index in [2.05, 4.69) is 0 Å². The van der Waals surface area contributed by atoms with Gasteiger partial charge in [-0.2, -0.15) is 0 Å². The minimum Gasteiger partial charge on any atom is -0.329 e. The number of sulfone groups is 1. The molecule has 1 fully saturated rings. The Morgan fingerprint density at radius 1 is 1.40 bits per heavy atom. The fraction of sp³-hybridized carbons (Fsp3) is 1.00. The van der Waals surface area contributed by atoms with Crippen LogP contribution in [0.15, 0.2) is 0 Å². The van der Waals surface area contributed by atoms with E-state index < -0.39 is 9.84 Å². The van der Waals surface area contributed by atoms with Gasteiger partial charge < -0.3 is 5.73 Å². The molecule has 2 N–H and O–H groups in total. The van der Waals surface area contributed by atoms with Gasteiger partial charge in [-0.15, -0.1) is 0 Å². The summed E-state index contributed by atoms with van der Waals surface area (Å²) >= 11 is 0. The molecular weight excluding hydrogens is 150 g/mol. The quantitative estimate of drug-likeness (QED) is 0.588. The summed E-state index contributed by atoms with van der Waals surface area (Å²) in [5, 5.41) is -0.249. The Morgan fingerprint density at radius 2 is 2.10 bits per heavy atom. The van der Waals surface area contributed by atoms with Gasteiger partial charge in [0, 0.05) is 6.54 Å². The number of rotatable bonds is 1. The largest absolute Gasteiger partial charge is 0.329 e. The third-order valence-electron chi connectivity index (χ3n) is 1.98. The van der Waals surface area contributed by atoms with Crippen molar-refractivity contribution in [1.82, 2.24) is 0 Å². The van der Waals surface area contributed by atoms with Crippen molar-refractivity contribution in [3.63, 3.8) is 0 Å². The highest BCUT2D eigenvalue weighted by molar-refractivity contribution is 7.92. The Hall–Kier alpha value is -0.0900. The van der Waals surface area contributed by atoms with E-state index in [-0.39, 0.29) is 5.25 Å². The maximum Gasteiger partial charge on any atom is 0.154 e. The molecule has 0 saturated carbocycles. The first-order valence-corrected chi connectivity index (χ1v) is 5.30. The number of nitrogens with two attached hydrogens (primary N) is 1. The zero-order valence-corrected chi connectivity index (χ0v) is 6.73. The fourth-order valence-corrected chi connectivity index (χ4v) is 3.04. The molecule has 0 bridgehead atoms. The lowest BCUT2D eigenvalue weighted by atomic mass is 10.2. The second kappa shape index (κ2) is 2.88. The summed E-state index contributed by atoms with van der Waals surface area (Å²) in [6.45, 7) is 0.294. The molecule has 60 valence electrons. The monoisotopic (exact) mass is 163 g/mol. The lowest BCUT2D eigenvalue weighted by Crippen LogP contribution is -2.34. The highest BCUT2D eigenvalue weighted by atomic mass is 32.2. The van der Waals surface area contributed by atoms with E-state index in [1.807, 2.05) is 0 Å². The van der Waals surface area contributed by atoms with Crippen molar-refractivity contribution in [3.05, 3.63) is 0 Å². The van der Waals surface area contributed by atoms with Crippen LogP contribution < -0.4 is 5.73 Å². The van der Waals surface area contributed by atoms with Gasteiger partial charge >= 0.3 is 0 Å². The topological polar surface area (TPSA) is 60.2 Å². The molecule has 0 aromatic carbocycles. The molecule has 3 nitrogen and oxygen atoms in total. The van der Waals surface area contributed by atoms with E-state index in [9.17, 15) is 8.42 Å². The van der Waals surface area contributed by atoms with Gasteiger partial charge in [-0.3, -0.25) is 0 Å². The van der Waals surface area contributed by atoms with Gasteiger partial charge in [-0.1, -0.05) is 6.42 Å². The maximum absolute atomic E-state index is 11.1. The maximum atomic E-state index is 11.1. The average Bonchev–Trinajstić information content (AvgIpc) is 1.87. The predicted octanol–water partition coefficient (Wildman–Crippen LogP) is -0.0876. The third kappa shape index (κ3) is 1.49. The third-order valence-corrected chi connectivity index (χ3v) is 4.28. The molecule has 0 spiro atoms. The fourth-order valence-electron chi connectivity index (χ4n) is 1.29. The van der Waals surface area contributed by atoms with Crippen molar-refractivity contribution in [2.75, 3.05) is 12.3 Å². The first-order valence-electron chi connectivity index (χ1n) is 3.58. The molecule has 0 aromatic rings. The lowest BCUT2D eigenvalue weighted by Gasteiger charge is -2.19. The molecule has 4 heteroatoms. The zero-order valence-electron chi connectivity index (χ0n) is 5.91. The second-order valence-electron chi connectivity index (χ2n) is 2.72. The molecule has 1 unspecified atom stereocenters. The van der Waals surface area contributed by atoms with Crippen molar-refractivity contribution >= 4 is 9.84 Å². The summed E-state index contributed by atoms with van der Waals surface area (Å²) in [5.41, 5.74) is 5.30. The summed E-state index contributed by atoms with van der Waals surface area (Å²) in [6.07, 6.45) is 2.60. The molecule has 1 aliphatic rings. The van der Waals surface area contributed by atoms with E-state index in [4.69, 9.17) is 5.73 Å². The van der Waals surface area contributed by atoms with Gasteiger partial charge in [0.1, 0.15) is 0 Å². The first-order chi connectivity index (χ1) is 4.67. The molecule has 0 aromatic heterocycles. The van der Waals surface area contributed by atoms with E-state index >= 15 is 0 Å². The number of hydrogen-bond donors (Lipinski definition) is 1. The molecule has 0 radical (unpaired) electrons. The van der Waals surface area contributed by atoms with Crippen LogP contribution in [0.1, 0.15) is 19.3 Å². The van der Waals surface area contributed by atoms with Gasteiger partial charge in [0.15, 0.2) is 9.84 Å². The molecule has 1 atom stereocenters. The van der Waals surface area contributed by atoms with Gasteiger partial charge in [-0.25, -0.2) is 8.42 Å². The molecule has 1 aliphatic heterocycles. The van der Waals surface area contributed by atoms with Crippen molar-refractivity contribution in [3.8, 4) is 0 Å². The normalized spacial score (nSPS) is 31.9. The van der Waals surface area contributed by atoms with E-state index in [1.54, 1.807) is 0 Å². The minimum atomic E-state index is -2.80. The van der Waals surface area contributed by atoms with Crippen molar-refractivity contribution in [2.24, 2.45) is 5.73 Å². The van der Waals surface area contributed by atoms with Gasteiger partial charge in [0.05, 0.1) is 11.0 Å². The zero-order chi connectivity index (χ0) is 7.61. The van der Waals surface area contributed by atoms with E-state index in [0.29, 0.717) is 12.3 Å². The van der Waals surface area contributed by atoms with Crippen LogP contribution in [0.2, 0.25) is 0 Å². The number of hydrogen-bond acceptors (Lipinski definition) is 3. The highest BCUT2D eigenvalue weighted by Gasteiger charge is 2.26. The Bertz CT molecular complexity index is 198. The van der Waals surface area contributed by atoms with Crippen LogP contribution in [-0.4, -0.2) is 26.0 Å². The summed E-state index contributed by atoms with van der Waals surface area (Å²) in [4.78, 5) is 0. The summed E-state index contributed by atoms with van der Waals surface area (Å²) in [7, 11) is -2.80. The average molecular weight is 163 g/mol. The van der Waals surface area contributed by atoms with Gasteiger partial charge in [0.25, 0.3) is 0 Å². The molecule has 0 aliphatic carbocycles. The van der Waals surface area contributed by atoms with Crippen LogP contribution in [0.25, 0.3) is 0 Å². The van der Waals surface area contributed by atoms with Crippen molar-refractivity contribution in [2.45, 2.75) is 24.5 Å². The van der Waals surface area contributed by atoms with Crippen LogP contribution in [-0.2, 0) is 9.84 Å². The van der Waals surface area contributed by atoms with Crippen LogP contribution >= 0.6 is 0 Å². The first kappa shape index (κ1) is 8.01.